The fourth-order valence-corrected chi connectivity index (χ4v) is 3.64. The van der Waals surface area contributed by atoms with E-state index in [0.29, 0.717) is 12.1 Å². The highest BCUT2D eigenvalue weighted by Crippen LogP contribution is 2.34. The molecule has 21 heavy (non-hydrogen) atoms. The van der Waals surface area contributed by atoms with Crippen LogP contribution in [0.3, 0.4) is 0 Å². The van der Waals surface area contributed by atoms with Crippen LogP contribution in [0, 0.1) is 0 Å². The van der Waals surface area contributed by atoms with E-state index in [4.69, 9.17) is 4.74 Å². The number of likely N-dealkylation sites (tertiary alicyclic amines) is 1. The number of rotatable bonds is 4. The molecular formula is C18H28N2O. The van der Waals surface area contributed by atoms with Crippen LogP contribution in [-0.2, 0) is 0 Å². The van der Waals surface area contributed by atoms with Crippen molar-refractivity contribution in [1.82, 2.24) is 10.2 Å². The van der Waals surface area contributed by atoms with Gasteiger partial charge < -0.3 is 10.1 Å². The van der Waals surface area contributed by atoms with Gasteiger partial charge in [-0.1, -0.05) is 38.0 Å². The van der Waals surface area contributed by atoms with Crippen molar-refractivity contribution in [2.24, 2.45) is 0 Å². The molecule has 2 aliphatic rings. The molecule has 1 fully saturated rings. The van der Waals surface area contributed by atoms with Crippen molar-refractivity contribution in [3.8, 4) is 5.75 Å². The highest BCUT2D eigenvalue weighted by Gasteiger charge is 2.34. The quantitative estimate of drug-likeness (QED) is 0.919. The minimum Gasteiger partial charge on any atom is -0.492 e. The number of para-hydroxylation sites is 1. The molecule has 0 radical (unpaired) electrons. The first-order chi connectivity index (χ1) is 10.4. The second-order valence-corrected chi connectivity index (χ2v) is 6.30. The smallest absolute Gasteiger partial charge is 0.124 e. The van der Waals surface area contributed by atoms with Crippen molar-refractivity contribution in [2.45, 2.75) is 51.1 Å². The van der Waals surface area contributed by atoms with Crippen molar-refractivity contribution < 1.29 is 4.74 Å². The van der Waals surface area contributed by atoms with Crippen LogP contribution in [0.25, 0.3) is 0 Å². The van der Waals surface area contributed by atoms with Crippen LogP contribution in [0.4, 0.5) is 0 Å². The molecule has 1 N–H and O–H groups in total. The van der Waals surface area contributed by atoms with Crippen LogP contribution < -0.4 is 10.1 Å². The van der Waals surface area contributed by atoms with Crippen LogP contribution >= 0.6 is 0 Å². The zero-order chi connectivity index (χ0) is 14.5. The number of hydrogen-bond acceptors (Lipinski definition) is 3. The molecule has 2 atom stereocenters. The van der Waals surface area contributed by atoms with E-state index in [0.717, 1.165) is 18.9 Å². The Morgan fingerprint density at radius 1 is 1.14 bits per heavy atom. The summed E-state index contributed by atoms with van der Waals surface area (Å²) in [5, 5.41) is 3.77. The van der Waals surface area contributed by atoms with Crippen molar-refractivity contribution in [3.05, 3.63) is 29.8 Å². The molecule has 1 aromatic carbocycles. The molecule has 2 heterocycles. The molecular weight excluding hydrogens is 260 g/mol. The number of ether oxygens (including phenoxy) is 1. The summed E-state index contributed by atoms with van der Waals surface area (Å²) in [5.74, 6) is 1.07. The lowest BCUT2D eigenvalue weighted by atomic mass is 9.94. The molecule has 1 aromatic rings. The van der Waals surface area contributed by atoms with Gasteiger partial charge in [-0.3, -0.25) is 4.90 Å². The Labute approximate surface area is 128 Å². The zero-order valence-electron chi connectivity index (χ0n) is 13.2. The Hall–Kier alpha value is -1.06. The molecule has 3 nitrogen and oxygen atoms in total. The molecule has 0 aliphatic carbocycles. The monoisotopic (exact) mass is 288 g/mol. The third-order valence-corrected chi connectivity index (χ3v) is 4.77. The van der Waals surface area contributed by atoms with Crippen molar-refractivity contribution in [3.63, 3.8) is 0 Å². The van der Waals surface area contributed by atoms with Gasteiger partial charge in [-0.15, -0.1) is 0 Å². The third-order valence-electron chi connectivity index (χ3n) is 4.77. The Morgan fingerprint density at radius 3 is 2.67 bits per heavy atom. The number of fused-ring (bicyclic) bond motifs is 1. The third kappa shape index (κ3) is 3.41. The van der Waals surface area contributed by atoms with E-state index < -0.39 is 0 Å². The predicted octanol–water partition coefficient (Wildman–Crippen LogP) is 3.36. The maximum absolute atomic E-state index is 6.06. The van der Waals surface area contributed by atoms with Crippen LogP contribution in [0.2, 0.25) is 0 Å². The summed E-state index contributed by atoms with van der Waals surface area (Å²) in [6.07, 6.45) is 6.60. The number of hydrogen-bond donors (Lipinski definition) is 1. The standard InChI is InChI=1S/C18H28N2O/c1-2-11-19-18-15-9-5-6-10-17(15)21-14-16(18)20-12-7-3-4-8-13-20/h5-6,9-10,16,18-19H,2-4,7-8,11-14H2,1H3. The molecule has 2 aliphatic heterocycles. The summed E-state index contributed by atoms with van der Waals surface area (Å²) in [5.41, 5.74) is 1.34. The lowest BCUT2D eigenvalue weighted by molar-refractivity contribution is 0.0882. The molecule has 2 unspecified atom stereocenters. The normalized spacial score (nSPS) is 26.7. The second-order valence-electron chi connectivity index (χ2n) is 6.30. The van der Waals surface area contributed by atoms with Gasteiger partial charge in [0.25, 0.3) is 0 Å². The Balaban J connectivity index is 1.81. The van der Waals surface area contributed by atoms with Gasteiger partial charge in [-0.05, 0) is 45.0 Å². The first kappa shape index (κ1) is 14.9. The van der Waals surface area contributed by atoms with Gasteiger partial charge in [0, 0.05) is 5.56 Å². The first-order valence-corrected chi connectivity index (χ1v) is 8.59. The largest absolute Gasteiger partial charge is 0.492 e. The van der Waals surface area contributed by atoms with E-state index in [-0.39, 0.29) is 0 Å². The van der Waals surface area contributed by atoms with Crippen molar-refractivity contribution in [2.75, 3.05) is 26.2 Å². The first-order valence-electron chi connectivity index (χ1n) is 8.59. The van der Waals surface area contributed by atoms with Gasteiger partial charge in [0.15, 0.2) is 0 Å². The fourth-order valence-electron chi connectivity index (χ4n) is 3.64. The maximum atomic E-state index is 6.06. The summed E-state index contributed by atoms with van der Waals surface area (Å²) in [6, 6.07) is 9.43. The highest BCUT2D eigenvalue weighted by atomic mass is 16.5. The SMILES string of the molecule is CCCNC1c2ccccc2OCC1N1CCCCCC1. The van der Waals surface area contributed by atoms with E-state index in [1.54, 1.807) is 0 Å². The van der Waals surface area contributed by atoms with E-state index in [9.17, 15) is 0 Å². The molecule has 0 aromatic heterocycles. The Kier molecular flexibility index (Phi) is 5.15. The topological polar surface area (TPSA) is 24.5 Å². The Bertz CT molecular complexity index is 441. The Morgan fingerprint density at radius 2 is 1.90 bits per heavy atom. The molecule has 116 valence electrons. The average molecular weight is 288 g/mol. The van der Waals surface area contributed by atoms with Crippen LogP contribution in [0.15, 0.2) is 24.3 Å². The van der Waals surface area contributed by atoms with Gasteiger partial charge in [-0.2, -0.15) is 0 Å². The predicted molar refractivity (Wildman–Crippen MR) is 86.8 cm³/mol. The molecule has 0 bridgehead atoms. The summed E-state index contributed by atoms with van der Waals surface area (Å²) >= 11 is 0. The van der Waals surface area contributed by atoms with Gasteiger partial charge >= 0.3 is 0 Å². The second kappa shape index (κ2) is 7.28. The lowest BCUT2D eigenvalue weighted by Crippen LogP contribution is -2.50. The lowest BCUT2D eigenvalue weighted by Gasteiger charge is -2.40. The average Bonchev–Trinajstić information content (AvgIpc) is 2.81. The van der Waals surface area contributed by atoms with Gasteiger partial charge in [-0.25, -0.2) is 0 Å². The van der Waals surface area contributed by atoms with E-state index in [2.05, 4.69) is 41.4 Å². The molecule has 0 amide bonds. The summed E-state index contributed by atoms with van der Waals surface area (Å²) < 4.78 is 6.06. The number of benzene rings is 1. The molecule has 0 saturated carbocycles. The van der Waals surface area contributed by atoms with Crippen molar-refractivity contribution >= 4 is 0 Å². The molecule has 3 heteroatoms. The molecule has 3 rings (SSSR count). The molecule has 1 saturated heterocycles. The molecule has 0 spiro atoms. The van der Waals surface area contributed by atoms with Gasteiger partial charge in [0.1, 0.15) is 12.4 Å². The zero-order valence-corrected chi connectivity index (χ0v) is 13.2. The van der Waals surface area contributed by atoms with Gasteiger partial charge in [0.05, 0.1) is 12.1 Å². The number of nitrogens with zero attached hydrogens (tertiary/aromatic N) is 1. The van der Waals surface area contributed by atoms with E-state index >= 15 is 0 Å². The van der Waals surface area contributed by atoms with Crippen LogP contribution in [0.1, 0.15) is 50.6 Å². The number of nitrogens with one attached hydrogen (secondary N) is 1. The fraction of sp³-hybridized carbons (Fsp3) is 0.667. The van der Waals surface area contributed by atoms with E-state index in [1.807, 2.05) is 0 Å². The van der Waals surface area contributed by atoms with E-state index in [1.165, 1.54) is 50.8 Å². The van der Waals surface area contributed by atoms with Crippen molar-refractivity contribution in [1.29, 1.82) is 0 Å². The summed E-state index contributed by atoms with van der Waals surface area (Å²) in [6.45, 7) is 6.57. The van der Waals surface area contributed by atoms with Gasteiger partial charge in [0.2, 0.25) is 0 Å². The minimum absolute atomic E-state index is 0.410. The van der Waals surface area contributed by atoms with Crippen LogP contribution in [0.5, 0.6) is 5.75 Å². The highest BCUT2D eigenvalue weighted by molar-refractivity contribution is 5.38. The minimum atomic E-state index is 0.410. The summed E-state index contributed by atoms with van der Waals surface area (Å²) in [4.78, 5) is 2.66. The maximum Gasteiger partial charge on any atom is 0.124 e. The van der Waals surface area contributed by atoms with Crippen LogP contribution in [-0.4, -0.2) is 37.2 Å². The summed E-state index contributed by atoms with van der Waals surface area (Å²) in [7, 11) is 0.